The highest BCUT2D eigenvalue weighted by Gasteiger charge is 2.26. The minimum Gasteiger partial charge on any atom is -0.301 e. The van der Waals surface area contributed by atoms with Crippen LogP contribution in [0.2, 0.25) is 0 Å². The van der Waals surface area contributed by atoms with E-state index in [0.29, 0.717) is 5.16 Å². The van der Waals surface area contributed by atoms with Crippen LogP contribution >= 0.6 is 11.8 Å². The number of nitriles is 1. The van der Waals surface area contributed by atoms with Crippen molar-refractivity contribution < 1.29 is 0 Å². The minimum absolute atomic E-state index is 0.132. The molecule has 0 bridgehead atoms. The van der Waals surface area contributed by atoms with Crippen molar-refractivity contribution in [2.24, 2.45) is 0 Å². The normalized spacial score (nSPS) is 13.7. The Morgan fingerprint density at radius 2 is 2.35 bits per heavy atom. The molecule has 6 heteroatoms. The van der Waals surface area contributed by atoms with Gasteiger partial charge < -0.3 is 4.98 Å². The molecule has 0 radical (unpaired) electrons. The summed E-state index contributed by atoms with van der Waals surface area (Å²) in [5.41, 5.74) is -0.555. The van der Waals surface area contributed by atoms with Gasteiger partial charge in [-0.05, 0) is 32.2 Å². The smallest absolute Gasteiger partial charge is 0.251 e. The van der Waals surface area contributed by atoms with Gasteiger partial charge in [0.2, 0.25) is 0 Å². The largest absolute Gasteiger partial charge is 0.301 e. The summed E-state index contributed by atoms with van der Waals surface area (Å²) in [7, 11) is 0. The fourth-order valence-corrected chi connectivity index (χ4v) is 2.69. The summed E-state index contributed by atoms with van der Waals surface area (Å²) in [5.74, 6) is 0.837. The fraction of sp³-hybridized carbons (Fsp3) is 0.643. The van der Waals surface area contributed by atoms with E-state index in [4.69, 9.17) is 0 Å². The van der Waals surface area contributed by atoms with Gasteiger partial charge in [-0.3, -0.25) is 10.1 Å². The van der Waals surface area contributed by atoms with E-state index >= 15 is 0 Å². The molecule has 1 aromatic heterocycles. The number of nitrogens with one attached hydrogen (secondary N) is 2. The Morgan fingerprint density at radius 1 is 1.55 bits per heavy atom. The number of aromatic amines is 1. The molecule has 0 amide bonds. The van der Waals surface area contributed by atoms with Gasteiger partial charge in [0.1, 0.15) is 5.54 Å². The second-order valence-corrected chi connectivity index (χ2v) is 5.75. The molecular formula is C14H22N4OS. The number of aromatic nitrogens is 2. The molecule has 0 aromatic carbocycles. The first-order chi connectivity index (χ1) is 9.65. The van der Waals surface area contributed by atoms with Crippen molar-refractivity contribution >= 4 is 11.8 Å². The second kappa shape index (κ2) is 8.77. The summed E-state index contributed by atoms with van der Waals surface area (Å²) < 4.78 is 0. The first-order valence-electron chi connectivity index (χ1n) is 7.00. The van der Waals surface area contributed by atoms with E-state index in [1.165, 1.54) is 24.0 Å². The van der Waals surface area contributed by atoms with Crippen molar-refractivity contribution in [3.63, 3.8) is 0 Å². The third kappa shape index (κ3) is 5.35. The van der Waals surface area contributed by atoms with Crippen LogP contribution in [0.15, 0.2) is 22.2 Å². The molecule has 20 heavy (non-hydrogen) atoms. The molecule has 0 spiro atoms. The zero-order chi connectivity index (χ0) is 14.8. The van der Waals surface area contributed by atoms with Crippen LogP contribution in [0.1, 0.15) is 39.5 Å². The van der Waals surface area contributed by atoms with Gasteiger partial charge in [0.15, 0.2) is 5.16 Å². The van der Waals surface area contributed by atoms with Crippen LogP contribution < -0.4 is 10.9 Å². The number of hydrogen-bond donors (Lipinski definition) is 2. The van der Waals surface area contributed by atoms with Crippen molar-refractivity contribution in [3.8, 4) is 6.07 Å². The van der Waals surface area contributed by atoms with E-state index in [-0.39, 0.29) is 5.56 Å². The van der Waals surface area contributed by atoms with Crippen LogP contribution in [-0.2, 0) is 0 Å². The molecule has 110 valence electrons. The Balaban J connectivity index is 2.41. The van der Waals surface area contributed by atoms with Crippen molar-refractivity contribution in [1.82, 2.24) is 15.3 Å². The van der Waals surface area contributed by atoms with Crippen LogP contribution in [0.3, 0.4) is 0 Å². The lowest BCUT2D eigenvalue weighted by Gasteiger charge is -2.26. The molecule has 1 atom stereocenters. The van der Waals surface area contributed by atoms with E-state index in [0.717, 1.165) is 38.0 Å². The lowest BCUT2D eigenvalue weighted by Crippen LogP contribution is -2.43. The van der Waals surface area contributed by atoms with Gasteiger partial charge in [-0.2, -0.15) is 5.26 Å². The zero-order valence-electron chi connectivity index (χ0n) is 12.1. The molecule has 1 aromatic rings. The van der Waals surface area contributed by atoms with Crippen molar-refractivity contribution in [3.05, 3.63) is 22.6 Å². The summed E-state index contributed by atoms with van der Waals surface area (Å²) in [6.45, 7) is 5.00. The quantitative estimate of drug-likeness (QED) is 0.415. The van der Waals surface area contributed by atoms with E-state index in [1.54, 1.807) is 0 Å². The van der Waals surface area contributed by atoms with Crippen molar-refractivity contribution in [2.75, 3.05) is 12.3 Å². The molecular weight excluding hydrogens is 272 g/mol. The van der Waals surface area contributed by atoms with Crippen LogP contribution in [0.4, 0.5) is 0 Å². The zero-order valence-corrected chi connectivity index (χ0v) is 12.9. The molecule has 1 rings (SSSR count). The third-order valence-corrected chi connectivity index (χ3v) is 4.14. The maximum absolute atomic E-state index is 11.1. The average Bonchev–Trinajstić information content (AvgIpc) is 2.47. The SMILES string of the molecule is CCCNC(C#N)(CC)CCCSc1nccc(=O)[nH]1. The molecule has 2 N–H and O–H groups in total. The first-order valence-corrected chi connectivity index (χ1v) is 7.98. The Labute approximate surface area is 124 Å². The van der Waals surface area contributed by atoms with Gasteiger partial charge in [-0.1, -0.05) is 25.6 Å². The second-order valence-electron chi connectivity index (χ2n) is 4.67. The highest BCUT2D eigenvalue weighted by atomic mass is 32.2. The summed E-state index contributed by atoms with van der Waals surface area (Å²) in [5, 5.41) is 13.4. The van der Waals surface area contributed by atoms with Crippen LogP contribution in [-0.4, -0.2) is 27.8 Å². The number of hydrogen-bond acceptors (Lipinski definition) is 5. The number of thioether (sulfide) groups is 1. The highest BCUT2D eigenvalue weighted by Crippen LogP contribution is 2.20. The maximum atomic E-state index is 11.1. The minimum atomic E-state index is -0.423. The molecule has 0 saturated heterocycles. The molecule has 0 saturated carbocycles. The summed E-state index contributed by atoms with van der Waals surface area (Å²) >= 11 is 1.52. The Bertz CT molecular complexity index is 496. The predicted octanol–water partition coefficient (Wildman–Crippen LogP) is 2.31. The number of nitrogens with zero attached hydrogens (tertiary/aromatic N) is 2. The highest BCUT2D eigenvalue weighted by molar-refractivity contribution is 7.99. The topological polar surface area (TPSA) is 81.6 Å². The van der Waals surface area contributed by atoms with Crippen molar-refractivity contribution in [1.29, 1.82) is 5.26 Å². The van der Waals surface area contributed by atoms with Crippen molar-refractivity contribution in [2.45, 2.75) is 50.2 Å². The van der Waals surface area contributed by atoms with Crippen LogP contribution in [0.25, 0.3) is 0 Å². The van der Waals surface area contributed by atoms with Gasteiger partial charge in [0, 0.05) is 18.0 Å². The summed E-state index contributed by atoms with van der Waals surface area (Å²) in [6.07, 6.45) is 5.04. The Morgan fingerprint density at radius 3 is 2.95 bits per heavy atom. The van der Waals surface area contributed by atoms with Gasteiger partial charge in [0.25, 0.3) is 5.56 Å². The molecule has 1 heterocycles. The number of H-pyrrole nitrogens is 1. The summed E-state index contributed by atoms with van der Waals surface area (Å²) in [4.78, 5) is 17.9. The predicted molar refractivity (Wildman–Crippen MR) is 81.7 cm³/mol. The Hall–Kier alpha value is -1.32. The lowest BCUT2D eigenvalue weighted by molar-refractivity contribution is 0.371. The monoisotopic (exact) mass is 294 g/mol. The Kier molecular flexibility index (Phi) is 7.34. The van der Waals surface area contributed by atoms with E-state index in [1.807, 2.05) is 6.92 Å². The maximum Gasteiger partial charge on any atom is 0.251 e. The first kappa shape index (κ1) is 16.7. The standard InChI is InChI=1S/C14H22N4OS/c1-3-8-17-14(4-2,11-15)7-5-10-20-13-16-9-6-12(19)18-13/h6,9,17H,3-5,7-8,10H2,1-2H3,(H,16,18,19). The average molecular weight is 294 g/mol. The molecule has 1 unspecified atom stereocenters. The third-order valence-electron chi connectivity index (χ3n) is 3.17. The van der Waals surface area contributed by atoms with Gasteiger partial charge in [-0.15, -0.1) is 0 Å². The molecule has 0 aliphatic rings. The van der Waals surface area contributed by atoms with Crippen LogP contribution in [0, 0.1) is 11.3 Å². The number of rotatable bonds is 9. The van der Waals surface area contributed by atoms with E-state index in [9.17, 15) is 10.1 Å². The molecule has 0 aliphatic heterocycles. The van der Waals surface area contributed by atoms with Gasteiger partial charge >= 0.3 is 0 Å². The molecule has 5 nitrogen and oxygen atoms in total. The van der Waals surface area contributed by atoms with Crippen LogP contribution in [0.5, 0.6) is 0 Å². The molecule has 0 fully saturated rings. The lowest BCUT2D eigenvalue weighted by atomic mass is 9.92. The van der Waals surface area contributed by atoms with Gasteiger partial charge in [0.05, 0.1) is 6.07 Å². The van der Waals surface area contributed by atoms with E-state index < -0.39 is 5.54 Å². The fourth-order valence-electron chi connectivity index (χ4n) is 1.90. The van der Waals surface area contributed by atoms with E-state index in [2.05, 4.69) is 28.3 Å². The van der Waals surface area contributed by atoms with Gasteiger partial charge in [-0.25, -0.2) is 4.98 Å². The summed E-state index contributed by atoms with van der Waals surface area (Å²) in [6, 6.07) is 3.81. The molecule has 0 aliphatic carbocycles.